The summed E-state index contributed by atoms with van der Waals surface area (Å²) in [6.45, 7) is 0. The van der Waals surface area contributed by atoms with Crippen LogP contribution in [0.2, 0.25) is 5.02 Å². The summed E-state index contributed by atoms with van der Waals surface area (Å²) in [5, 5.41) is 2.98. The summed E-state index contributed by atoms with van der Waals surface area (Å²) in [5.41, 5.74) is 1.57. The van der Waals surface area contributed by atoms with Gasteiger partial charge in [0.05, 0.1) is 0 Å². The summed E-state index contributed by atoms with van der Waals surface area (Å²) in [6.07, 6.45) is 0. The first kappa shape index (κ1) is 11.4. The van der Waals surface area contributed by atoms with E-state index < -0.39 is 5.91 Å². The average Bonchev–Trinajstić information content (AvgIpc) is 2.16. The Balaban J connectivity index is 2.75. The number of amides is 1. The summed E-state index contributed by atoms with van der Waals surface area (Å²) in [4.78, 5) is 11.2. The van der Waals surface area contributed by atoms with E-state index in [2.05, 4.69) is 5.32 Å². The van der Waals surface area contributed by atoms with Crippen LogP contribution in [0.25, 0.3) is 0 Å². The van der Waals surface area contributed by atoms with Gasteiger partial charge in [-0.05, 0) is 18.2 Å². The van der Waals surface area contributed by atoms with Crippen LogP contribution in [0.1, 0.15) is 0 Å². The van der Waals surface area contributed by atoms with Crippen molar-refractivity contribution in [3.05, 3.63) is 39.9 Å². The smallest absolute Gasteiger partial charge is 0.268 e. The van der Waals surface area contributed by atoms with Crippen LogP contribution in [-0.2, 0) is 4.79 Å². The fraction of sp³-hybridized carbons (Fsp3) is 0. The summed E-state index contributed by atoms with van der Waals surface area (Å²) in [5.74, 6) is -0.469. The number of nitrogens with one attached hydrogen (secondary N) is 1. The molecule has 0 unspecified atom stereocenters. The van der Waals surface area contributed by atoms with Crippen molar-refractivity contribution in [1.82, 2.24) is 0 Å². The molecular formula is C9H6Cl3NO. The third kappa shape index (κ3) is 3.22. The Bertz CT molecular complexity index is 376. The van der Waals surface area contributed by atoms with Gasteiger partial charge in [0.25, 0.3) is 5.91 Å². The first-order valence-corrected chi connectivity index (χ1v) is 4.85. The summed E-state index contributed by atoms with van der Waals surface area (Å²) < 4.78 is 0. The second-order valence-corrected chi connectivity index (χ2v) is 3.48. The predicted octanol–water partition coefficient (Wildman–Crippen LogP) is 3.60. The Morgan fingerprint density at radius 1 is 1.43 bits per heavy atom. The molecule has 74 valence electrons. The Morgan fingerprint density at radius 2 is 2.14 bits per heavy atom. The highest BCUT2D eigenvalue weighted by molar-refractivity contribution is 6.47. The van der Waals surface area contributed by atoms with Gasteiger partial charge in [-0.3, -0.25) is 4.79 Å². The highest BCUT2D eigenvalue weighted by Crippen LogP contribution is 2.16. The molecule has 2 nitrogen and oxygen atoms in total. The minimum absolute atomic E-state index is 0.0772. The molecular weight excluding hydrogens is 244 g/mol. The van der Waals surface area contributed by atoms with E-state index in [0.717, 1.165) is 5.54 Å². The second-order valence-electron chi connectivity index (χ2n) is 2.42. The molecule has 1 N–H and O–H groups in total. The number of halogens is 3. The van der Waals surface area contributed by atoms with Crippen LogP contribution < -0.4 is 5.32 Å². The zero-order valence-electron chi connectivity index (χ0n) is 6.93. The SMILES string of the molecule is O=C(Nc1cccc(Cl)c1)/C(Cl)=C/Cl. The van der Waals surface area contributed by atoms with Gasteiger partial charge in [0.2, 0.25) is 0 Å². The Kier molecular flexibility index (Phi) is 4.26. The van der Waals surface area contributed by atoms with Crippen LogP contribution >= 0.6 is 34.8 Å². The van der Waals surface area contributed by atoms with Crippen molar-refractivity contribution < 1.29 is 4.79 Å². The van der Waals surface area contributed by atoms with Gasteiger partial charge in [0.15, 0.2) is 0 Å². The molecule has 0 aromatic heterocycles. The largest absolute Gasteiger partial charge is 0.321 e. The van der Waals surface area contributed by atoms with Gasteiger partial charge >= 0.3 is 0 Å². The third-order valence-corrected chi connectivity index (χ3v) is 2.24. The van der Waals surface area contributed by atoms with E-state index in [0.29, 0.717) is 10.7 Å². The van der Waals surface area contributed by atoms with Crippen molar-refractivity contribution in [3.8, 4) is 0 Å². The maximum Gasteiger partial charge on any atom is 0.268 e. The van der Waals surface area contributed by atoms with E-state index in [1.165, 1.54) is 0 Å². The molecule has 0 saturated heterocycles. The lowest BCUT2D eigenvalue weighted by Gasteiger charge is -2.03. The molecule has 0 aliphatic carbocycles. The lowest BCUT2D eigenvalue weighted by Crippen LogP contribution is -2.10. The fourth-order valence-corrected chi connectivity index (χ4v) is 1.14. The molecule has 0 bridgehead atoms. The lowest BCUT2D eigenvalue weighted by atomic mass is 10.3. The van der Waals surface area contributed by atoms with Gasteiger partial charge in [-0.1, -0.05) is 40.9 Å². The number of hydrogen-bond donors (Lipinski definition) is 1. The molecule has 1 rings (SSSR count). The molecule has 14 heavy (non-hydrogen) atoms. The van der Waals surface area contributed by atoms with E-state index in [9.17, 15) is 4.79 Å². The van der Waals surface area contributed by atoms with Crippen molar-refractivity contribution >= 4 is 46.4 Å². The van der Waals surface area contributed by atoms with E-state index >= 15 is 0 Å². The zero-order chi connectivity index (χ0) is 10.6. The van der Waals surface area contributed by atoms with Crippen LogP contribution in [0.15, 0.2) is 34.8 Å². The molecule has 0 atom stereocenters. The van der Waals surface area contributed by atoms with Crippen molar-refractivity contribution in [2.24, 2.45) is 0 Å². The molecule has 0 heterocycles. The zero-order valence-corrected chi connectivity index (χ0v) is 9.20. The van der Waals surface area contributed by atoms with Crippen LogP contribution in [0, 0.1) is 0 Å². The molecule has 0 aliphatic rings. The minimum atomic E-state index is -0.469. The normalized spacial score (nSPS) is 11.2. The van der Waals surface area contributed by atoms with Gasteiger partial charge in [0.1, 0.15) is 5.03 Å². The van der Waals surface area contributed by atoms with Crippen molar-refractivity contribution in [3.63, 3.8) is 0 Å². The van der Waals surface area contributed by atoms with E-state index in [1.807, 2.05) is 0 Å². The van der Waals surface area contributed by atoms with Crippen LogP contribution in [0.3, 0.4) is 0 Å². The first-order valence-electron chi connectivity index (χ1n) is 3.66. The third-order valence-electron chi connectivity index (χ3n) is 1.40. The number of carbonyl (C=O) groups is 1. The minimum Gasteiger partial charge on any atom is -0.321 e. The number of anilines is 1. The quantitative estimate of drug-likeness (QED) is 0.799. The molecule has 1 amide bonds. The average molecular weight is 251 g/mol. The molecule has 0 fully saturated rings. The monoisotopic (exact) mass is 249 g/mol. The molecule has 5 heteroatoms. The summed E-state index contributed by atoms with van der Waals surface area (Å²) in [6, 6.07) is 6.73. The number of rotatable bonds is 2. The topological polar surface area (TPSA) is 29.1 Å². The van der Waals surface area contributed by atoms with Crippen molar-refractivity contribution in [2.75, 3.05) is 5.32 Å². The van der Waals surface area contributed by atoms with Crippen molar-refractivity contribution in [1.29, 1.82) is 0 Å². The Labute approximate surface area is 96.5 Å². The highest BCUT2D eigenvalue weighted by atomic mass is 35.5. The molecule has 1 aromatic rings. The summed E-state index contributed by atoms with van der Waals surface area (Å²) >= 11 is 16.5. The van der Waals surface area contributed by atoms with Crippen LogP contribution in [-0.4, -0.2) is 5.91 Å². The fourth-order valence-electron chi connectivity index (χ4n) is 0.807. The maximum absolute atomic E-state index is 11.2. The molecule has 1 aromatic carbocycles. The molecule has 0 radical (unpaired) electrons. The lowest BCUT2D eigenvalue weighted by molar-refractivity contribution is -0.112. The molecule has 0 aliphatic heterocycles. The van der Waals surface area contributed by atoms with E-state index in [1.54, 1.807) is 24.3 Å². The summed E-state index contributed by atoms with van der Waals surface area (Å²) in [7, 11) is 0. The van der Waals surface area contributed by atoms with E-state index in [-0.39, 0.29) is 5.03 Å². The van der Waals surface area contributed by atoms with Crippen molar-refractivity contribution in [2.45, 2.75) is 0 Å². The van der Waals surface area contributed by atoms with Gasteiger partial charge in [0, 0.05) is 16.2 Å². The first-order chi connectivity index (χ1) is 6.63. The number of carbonyl (C=O) groups excluding carboxylic acids is 1. The molecule has 0 saturated carbocycles. The standard InChI is InChI=1S/C9H6Cl3NO/c10-5-8(12)9(14)13-7-3-1-2-6(11)4-7/h1-5H,(H,13,14)/b8-5-. The predicted molar refractivity (Wildman–Crippen MR) is 59.9 cm³/mol. The Morgan fingerprint density at radius 3 is 2.71 bits per heavy atom. The van der Waals surface area contributed by atoms with Gasteiger partial charge in [-0.15, -0.1) is 0 Å². The van der Waals surface area contributed by atoms with Crippen LogP contribution in [0.5, 0.6) is 0 Å². The van der Waals surface area contributed by atoms with E-state index in [4.69, 9.17) is 34.8 Å². The van der Waals surface area contributed by atoms with Gasteiger partial charge in [-0.2, -0.15) is 0 Å². The van der Waals surface area contributed by atoms with Gasteiger partial charge in [-0.25, -0.2) is 0 Å². The number of hydrogen-bond acceptors (Lipinski definition) is 1. The van der Waals surface area contributed by atoms with Gasteiger partial charge < -0.3 is 5.32 Å². The molecule has 0 spiro atoms. The number of benzene rings is 1. The van der Waals surface area contributed by atoms with Crippen LogP contribution in [0.4, 0.5) is 5.69 Å². The highest BCUT2D eigenvalue weighted by Gasteiger charge is 2.05. The maximum atomic E-state index is 11.2. The Hall–Kier alpha value is -0.700. The second kappa shape index (κ2) is 5.25.